The van der Waals surface area contributed by atoms with Gasteiger partial charge >= 0.3 is 11.7 Å². The van der Waals surface area contributed by atoms with E-state index in [0.29, 0.717) is 16.3 Å². The summed E-state index contributed by atoms with van der Waals surface area (Å²) in [5, 5.41) is 14.2. The van der Waals surface area contributed by atoms with E-state index in [2.05, 4.69) is 19.2 Å². The summed E-state index contributed by atoms with van der Waals surface area (Å²) in [5.74, 6) is -0.906. The fraction of sp³-hybridized carbons (Fsp3) is 0.278. The highest BCUT2D eigenvalue weighted by molar-refractivity contribution is 5.96. The average molecular weight is 328 g/mol. The Bertz CT molecular complexity index is 726. The van der Waals surface area contributed by atoms with Crippen molar-refractivity contribution in [2.75, 3.05) is 5.32 Å². The van der Waals surface area contributed by atoms with Crippen LogP contribution in [0.15, 0.2) is 48.7 Å². The molecule has 1 atom stereocenters. The van der Waals surface area contributed by atoms with E-state index < -0.39 is 18.0 Å². The quantitative estimate of drug-likeness (QED) is 0.519. The molecule has 0 bridgehead atoms. The van der Waals surface area contributed by atoms with Crippen LogP contribution in [0.4, 0.5) is 5.69 Å². The summed E-state index contributed by atoms with van der Waals surface area (Å²) in [6.45, 7) is 5.62. The first-order valence-electron chi connectivity index (χ1n) is 7.68. The first-order valence-corrected chi connectivity index (χ1v) is 7.68. The summed E-state index contributed by atoms with van der Waals surface area (Å²) >= 11 is 0. The number of nitrogens with one attached hydrogen (secondary N) is 1. The van der Waals surface area contributed by atoms with Gasteiger partial charge in [-0.25, -0.2) is 4.79 Å². The number of benzene rings is 1. The minimum Gasteiger partial charge on any atom is -0.618 e. The number of hydrogen-bond donors (Lipinski definition) is 1. The molecule has 0 saturated heterocycles. The SMILES string of the molecule is CC(C)c1ccc(NC(=O)[C@@H](C)OC(=O)c2cccc[n+]2[O-])cc1. The van der Waals surface area contributed by atoms with Crippen molar-refractivity contribution in [2.24, 2.45) is 0 Å². The lowest BCUT2D eigenvalue weighted by atomic mass is 10.0. The molecule has 1 amide bonds. The highest BCUT2D eigenvalue weighted by Crippen LogP contribution is 2.17. The van der Waals surface area contributed by atoms with E-state index >= 15 is 0 Å². The van der Waals surface area contributed by atoms with Gasteiger partial charge in [-0.3, -0.25) is 4.79 Å². The monoisotopic (exact) mass is 328 g/mol. The van der Waals surface area contributed by atoms with Gasteiger partial charge in [0, 0.05) is 17.8 Å². The van der Waals surface area contributed by atoms with Crippen LogP contribution in [0.2, 0.25) is 0 Å². The number of nitrogens with zero attached hydrogens (tertiary/aromatic N) is 1. The Hall–Kier alpha value is -2.89. The molecule has 1 aromatic carbocycles. The van der Waals surface area contributed by atoms with Crippen LogP contribution < -0.4 is 10.0 Å². The van der Waals surface area contributed by atoms with Gasteiger partial charge in [0.1, 0.15) is 0 Å². The average Bonchev–Trinajstić information content (AvgIpc) is 2.55. The molecule has 6 heteroatoms. The lowest BCUT2D eigenvalue weighted by molar-refractivity contribution is -0.608. The molecule has 0 radical (unpaired) electrons. The van der Waals surface area contributed by atoms with Crippen LogP contribution in [-0.2, 0) is 9.53 Å². The number of pyridine rings is 1. The molecule has 0 aliphatic heterocycles. The Morgan fingerprint density at radius 3 is 2.33 bits per heavy atom. The molecule has 126 valence electrons. The Morgan fingerprint density at radius 2 is 1.75 bits per heavy atom. The van der Waals surface area contributed by atoms with Gasteiger partial charge < -0.3 is 15.3 Å². The second-order valence-corrected chi connectivity index (χ2v) is 5.73. The van der Waals surface area contributed by atoms with Crippen molar-refractivity contribution >= 4 is 17.6 Å². The third-order valence-electron chi connectivity index (χ3n) is 3.53. The fourth-order valence-corrected chi connectivity index (χ4v) is 2.06. The largest absolute Gasteiger partial charge is 0.618 e. The fourth-order valence-electron chi connectivity index (χ4n) is 2.06. The molecule has 24 heavy (non-hydrogen) atoms. The Balaban J connectivity index is 1.97. The summed E-state index contributed by atoms with van der Waals surface area (Å²) in [6.07, 6.45) is 0.167. The maximum absolute atomic E-state index is 12.1. The van der Waals surface area contributed by atoms with Gasteiger partial charge in [-0.1, -0.05) is 26.0 Å². The molecule has 1 N–H and O–H groups in total. The van der Waals surface area contributed by atoms with Gasteiger partial charge in [-0.15, -0.1) is 0 Å². The van der Waals surface area contributed by atoms with E-state index in [1.54, 1.807) is 18.2 Å². The zero-order chi connectivity index (χ0) is 17.7. The van der Waals surface area contributed by atoms with Crippen molar-refractivity contribution < 1.29 is 19.1 Å². The van der Waals surface area contributed by atoms with Crippen molar-refractivity contribution in [2.45, 2.75) is 32.8 Å². The molecule has 1 aromatic heterocycles. The molecule has 2 rings (SSSR count). The normalized spacial score (nSPS) is 11.8. The maximum atomic E-state index is 12.1. The van der Waals surface area contributed by atoms with Crippen LogP contribution in [0.5, 0.6) is 0 Å². The number of amides is 1. The predicted octanol–water partition coefficient (Wildman–Crippen LogP) is 2.63. The van der Waals surface area contributed by atoms with Crippen molar-refractivity contribution in [3.05, 3.63) is 65.1 Å². The van der Waals surface area contributed by atoms with Crippen molar-refractivity contribution in [1.29, 1.82) is 0 Å². The van der Waals surface area contributed by atoms with E-state index in [9.17, 15) is 14.8 Å². The number of aromatic nitrogens is 1. The second kappa shape index (κ2) is 7.59. The van der Waals surface area contributed by atoms with Gasteiger partial charge in [0.05, 0.1) is 0 Å². The predicted molar refractivity (Wildman–Crippen MR) is 89.4 cm³/mol. The van der Waals surface area contributed by atoms with Crippen molar-refractivity contribution in [1.82, 2.24) is 0 Å². The molecule has 0 unspecified atom stereocenters. The zero-order valence-corrected chi connectivity index (χ0v) is 13.9. The van der Waals surface area contributed by atoms with E-state index in [0.717, 1.165) is 5.56 Å². The van der Waals surface area contributed by atoms with Crippen molar-refractivity contribution in [3.8, 4) is 0 Å². The Kier molecular flexibility index (Phi) is 5.52. The summed E-state index contributed by atoms with van der Waals surface area (Å²) in [7, 11) is 0. The van der Waals surface area contributed by atoms with Crippen LogP contribution >= 0.6 is 0 Å². The Morgan fingerprint density at radius 1 is 1.08 bits per heavy atom. The van der Waals surface area contributed by atoms with Gasteiger partial charge in [-0.2, -0.15) is 4.73 Å². The number of carbonyl (C=O) groups excluding carboxylic acids is 2. The van der Waals surface area contributed by atoms with E-state index in [1.165, 1.54) is 25.3 Å². The molecule has 0 aliphatic carbocycles. The molecule has 0 spiro atoms. The number of carbonyl (C=O) groups is 2. The summed E-state index contributed by atoms with van der Waals surface area (Å²) in [6, 6.07) is 11.8. The minimum atomic E-state index is -1.03. The molecule has 0 fully saturated rings. The molecular formula is C18H20N2O4. The summed E-state index contributed by atoms with van der Waals surface area (Å²) in [5.41, 5.74) is 1.61. The molecule has 0 aliphatic rings. The van der Waals surface area contributed by atoms with Crippen LogP contribution in [0.3, 0.4) is 0 Å². The summed E-state index contributed by atoms with van der Waals surface area (Å²) < 4.78 is 5.44. The molecule has 2 aromatic rings. The maximum Gasteiger partial charge on any atom is 0.405 e. The van der Waals surface area contributed by atoms with Gasteiger partial charge in [0.2, 0.25) is 0 Å². The number of anilines is 1. The smallest absolute Gasteiger partial charge is 0.405 e. The number of hydrogen-bond acceptors (Lipinski definition) is 4. The lowest BCUT2D eigenvalue weighted by Gasteiger charge is -2.14. The third-order valence-corrected chi connectivity index (χ3v) is 3.53. The minimum absolute atomic E-state index is 0.168. The molecular weight excluding hydrogens is 308 g/mol. The van der Waals surface area contributed by atoms with Crippen LogP contribution in [-0.4, -0.2) is 18.0 Å². The Labute approximate surface area is 140 Å². The van der Waals surface area contributed by atoms with Crippen LogP contribution in [0, 0.1) is 5.21 Å². The van der Waals surface area contributed by atoms with Crippen molar-refractivity contribution in [3.63, 3.8) is 0 Å². The van der Waals surface area contributed by atoms with Crippen LogP contribution in [0.1, 0.15) is 42.7 Å². The van der Waals surface area contributed by atoms with E-state index in [-0.39, 0.29) is 5.69 Å². The lowest BCUT2D eigenvalue weighted by Crippen LogP contribution is -2.37. The number of esters is 1. The van der Waals surface area contributed by atoms with E-state index in [4.69, 9.17) is 4.74 Å². The van der Waals surface area contributed by atoms with Crippen LogP contribution in [0.25, 0.3) is 0 Å². The summed E-state index contributed by atoms with van der Waals surface area (Å²) in [4.78, 5) is 24.0. The van der Waals surface area contributed by atoms with Gasteiger partial charge in [0.15, 0.2) is 12.3 Å². The molecule has 1 heterocycles. The first kappa shape index (κ1) is 17.5. The highest BCUT2D eigenvalue weighted by atomic mass is 16.6. The van der Waals surface area contributed by atoms with Gasteiger partial charge in [-0.05, 0) is 36.6 Å². The third kappa shape index (κ3) is 4.32. The highest BCUT2D eigenvalue weighted by Gasteiger charge is 2.23. The van der Waals surface area contributed by atoms with E-state index in [1.807, 2.05) is 12.1 Å². The number of rotatable bonds is 5. The number of ether oxygens (including phenoxy) is 1. The second-order valence-electron chi connectivity index (χ2n) is 5.73. The first-order chi connectivity index (χ1) is 11.4. The van der Waals surface area contributed by atoms with Gasteiger partial charge in [0.25, 0.3) is 5.91 Å². The molecule has 0 saturated carbocycles. The topological polar surface area (TPSA) is 82.3 Å². The zero-order valence-electron chi connectivity index (χ0n) is 13.9. The standard InChI is InChI=1S/C18H20N2O4/c1-12(2)14-7-9-15(10-8-14)19-17(21)13(3)24-18(22)16-6-4-5-11-20(16)23/h4-13H,1-3H3,(H,19,21)/t13-/m1/s1. The molecule has 6 nitrogen and oxygen atoms in total.